The highest BCUT2D eigenvalue weighted by Crippen LogP contribution is 2.31. The molecule has 3 aliphatic heterocycles. The number of piperidine rings is 1. The van der Waals surface area contributed by atoms with E-state index >= 15 is 0 Å². The standard InChI is InChI=1S/C23H40N6O6/c1-23(2,3)35-21(31)25-20(24)28-10-6-17(7-11-28)29(4)16-18(34-22(29)32)27-14-12-26(13-15-27)9-8-19(30)33-5/h17-18H,6-16H2,1-5H3,(H-,24,25,31)/p+1. The summed E-state index contributed by atoms with van der Waals surface area (Å²) in [6.45, 7) is 11.0. The second-order valence-corrected chi connectivity index (χ2v) is 10.7. The molecule has 0 bridgehead atoms. The predicted octanol–water partition coefficient (Wildman–Crippen LogP) is 1.01. The minimum atomic E-state index is -0.639. The van der Waals surface area contributed by atoms with E-state index in [1.807, 2.05) is 7.05 Å². The van der Waals surface area contributed by atoms with E-state index in [9.17, 15) is 14.4 Å². The summed E-state index contributed by atoms with van der Waals surface area (Å²) in [5, 5.41) is 10.7. The average molecular weight is 498 g/mol. The Morgan fingerprint density at radius 3 is 2.34 bits per heavy atom. The first kappa shape index (κ1) is 27.2. The molecule has 2 amide bonds. The number of hydrogen-bond donors (Lipinski definition) is 2. The van der Waals surface area contributed by atoms with E-state index in [1.54, 1.807) is 25.7 Å². The van der Waals surface area contributed by atoms with Gasteiger partial charge >= 0.3 is 18.2 Å². The molecule has 12 nitrogen and oxygen atoms in total. The van der Waals surface area contributed by atoms with Gasteiger partial charge in [0.1, 0.15) is 18.2 Å². The lowest BCUT2D eigenvalue weighted by Gasteiger charge is -2.40. The molecule has 2 N–H and O–H groups in total. The zero-order valence-electron chi connectivity index (χ0n) is 21.7. The highest BCUT2D eigenvalue weighted by atomic mass is 16.6. The Morgan fingerprint density at radius 1 is 1.14 bits per heavy atom. The molecule has 3 fully saturated rings. The van der Waals surface area contributed by atoms with Crippen molar-refractivity contribution in [2.24, 2.45) is 0 Å². The van der Waals surface area contributed by atoms with Gasteiger partial charge in [-0.15, -0.1) is 0 Å². The third-order valence-electron chi connectivity index (χ3n) is 7.07. The molecule has 0 radical (unpaired) electrons. The van der Waals surface area contributed by atoms with E-state index in [-0.39, 0.29) is 34.8 Å². The number of nitrogens with zero attached hydrogens (tertiary/aromatic N) is 4. The fourth-order valence-electron chi connectivity index (χ4n) is 4.93. The largest absolute Gasteiger partial charge is 0.517 e. The second kappa shape index (κ2) is 11.1. The van der Waals surface area contributed by atoms with Gasteiger partial charge < -0.3 is 24.0 Å². The lowest BCUT2D eigenvalue weighted by atomic mass is 10.0. The number of likely N-dealkylation sites (tertiary alicyclic amines) is 1. The number of rotatable bonds is 5. The van der Waals surface area contributed by atoms with Crippen molar-refractivity contribution in [1.82, 2.24) is 20.0 Å². The molecule has 3 rings (SSSR count). The number of nitrogens with one attached hydrogen (secondary N) is 2. The van der Waals surface area contributed by atoms with E-state index in [1.165, 1.54) is 7.11 Å². The molecular weight excluding hydrogens is 456 g/mol. The van der Waals surface area contributed by atoms with Crippen molar-refractivity contribution in [3.8, 4) is 0 Å². The molecule has 35 heavy (non-hydrogen) atoms. The number of quaternary nitrogens is 1. The molecule has 0 saturated carbocycles. The van der Waals surface area contributed by atoms with Crippen LogP contribution in [0.25, 0.3) is 0 Å². The maximum atomic E-state index is 12.9. The molecule has 2 unspecified atom stereocenters. The zero-order chi connectivity index (χ0) is 25.8. The Morgan fingerprint density at radius 2 is 1.77 bits per heavy atom. The third kappa shape index (κ3) is 7.05. The van der Waals surface area contributed by atoms with Gasteiger partial charge in [-0.05, 0) is 20.8 Å². The number of piperazine rings is 1. The minimum Gasteiger partial charge on any atom is -0.469 e. The molecule has 0 aromatic carbocycles. The monoisotopic (exact) mass is 497 g/mol. The first-order valence-electron chi connectivity index (χ1n) is 12.3. The van der Waals surface area contributed by atoms with E-state index in [4.69, 9.17) is 19.6 Å². The number of esters is 1. The molecule has 198 valence electrons. The van der Waals surface area contributed by atoms with Gasteiger partial charge in [0.2, 0.25) is 12.2 Å². The normalized spacial score (nSPS) is 26.8. The summed E-state index contributed by atoms with van der Waals surface area (Å²) in [5.74, 6) is -0.181. The molecular formula is C23H41N6O6+. The van der Waals surface area contributed by atoms with Crippen LogP contribution in [-0.4, -0.2) is 128 Å². The number of alkyl carbamates (subject to hydrolysis) is 1. The van der Waals surface area contributed by atoms with Crippen molar-refractivity contribution >= 4 is 24.1 Å². The first-order valence-corrected chi connectivity index (χ1v) is 12.3. The quantitative estimate of drug-likeness (QED) is 0.188. The Bertz CT molecular complexity index is 801. The van der Waals surface area contributed by atoms with Crippen LogP contribution in [-0.2, 0) is 19.0 Å². The number of guanidine groups is 1. The van der Waals surface area contributed by atoms with Crippen LogP contribution in [0.2, 0.25) is 0 Å². The number of ether oxygens (including phenoxy) is 3. The highest BCUT2D eigenvalue weighted by molar-refractivity contribution is 5.92. The lowest BCUT2D eigenvalue weighted by molar-refractivity contribution is -0.852. The predicted molar refractivity (Wildman–Crippen MR) is 128 cm³/mol. The fraction of sp³-hybridized carbons (Fsp3) is 0.826. The summed E-state index contributed by atoms with van der Waals surface area (Å²) in [4.78, 5) is 42.6. The van der Waals surface area contributed by atoms with E-state index in [2.05, 4.69) is 15.1 Å². The maximum absolute atomic E-state index is 12.9. The van der Waals surface area contributed by atoms with Gasteiger partial charge in [-0.25, -0.2) is 9.28 Å². The van der Waals surface area contributed by atoms with Crippen molar-refractivity contribution in [2.45, 2.75) is 57.9 Å². The smallest absolute Gasteiger partial charge is 0.469 e. The van der Waals surface area contributed by atoms with Gasteiger partial charge in [0.25, 0.3) is 0 Å². The molecule has 0 aromatic heterocycles. The van der Waals surface area contributed by atoms with Crippen LogP contribution in [0.3, 0.4) is 0 Å². The van der Waals surface area contributed by atoms with E-state index < -0.39 is 11.7 Å². The number of carbonyl (C=O) groups is 3. The number of likely N-dealkylation sites (N-methyl/N-ethyl adjacent to an activating group) is 1. The number of carbonyl (C=O) groups excluding carboxylic acids is 3. The molecule has 12 heteroatoms. The van der Waals surface area contributed by atoms with Crippen LogP contribution in [0.15, 0.2) is 0 Å². The number of hydrogen-bond acceptors (Lipinski definition) is 9. The van der Waals surface area contributed by atoms with Crippen LogP contribution in [0.4, 0.5) is 9.59 Å². The van der Waals surface area contributed by atoms with Crippen molar-refractivity contribution in [3.63, 3.8) is 0 Å². The van der Waals surface area contributed by atoms with Crippen LogP contribution >= 0.6 is 0 Å². The average Bonchev–Trinajstić information content (AvgIpc) is 3.12. The van der Waals surface area contributed by atoms with Gasteiger partial charge in [-0.2, -0.15) is 4.79 Å². The zero-order valence-corrected chi connectivity index (χ0v) is 21.7. The van der Waals surface area contributed by atoms with Crippen molar-refractivity contribution < 1.29 is 33.1 Å². The molecule has 2 atom stereocenters. The van der Waals surface area contributed by atoms with Crippen LogP contribution in [0.5, 0.6) is 0 Å². The molecule has 3 aliphatic rings. The summed E-state index contributed by atoms with van der Waals surface area (Å²) in [6.07, 6.45) is 0.729. The number of cyclic esters (lactones) is 1. The molecule has 0 aromatic rings. The number of amides is 2. The SMILES string of the molecule is COC(=O)CCN1CCN(C2C[N+](C)(C3CCN(C(=N)NC(=O)OC(C)(C)C)CC3)C(=O)O2)CC1. The fourth-order valence-corrected chi connectivity index (χ4v) is 4.93. The summed E-state index contributed by atoms with van der Waals surface area (Å²) in [5.41, 5.74) is -0.626. The summed E-state index contributed by atoms with van der Waals surface area (Å²) >= 11 is 0. The van der Waals surface area contributed by atoms with E-state index in [0.29, 0.717) is 32.6 Å². The van der Waals surface area contributed by atoms with Crippen LogP contribution < -0.4 is 5.32 Å². The first-order chi connectivity index (χ1) is 16.4. The lowest BCUT2D eigenvalue weighted by Crippen LogP contribution is -2.59. The van der Waals surface area contributed by atoms with Gasteiger partial charge in [-0.3, -0.25) is 20.4 Å². The summed E-state index contributed by atoms with van der Waals surface area (Å²) in [6, 6.07) is 0.0967. The third-order valence-corrected chi connectivity index (χ3v) is 7.07. The van der Waals surface area contributed by atoms with Gasteiger partial charge in [0, 0.05) is 58.7 Å². The molecule has 0 aliphatic carbocycles. The Kier molecular flexibility index (Phi) is 8.60. The van der Waals surface area contributed by atoms with Crippen molar-refractivity contribution in [3.05, 3.63) is 0 Å². The Balaban J connectivity index is 1.46. The van der Waals surface area contributed by atoms with Crippen molar-refractivity contribution in [1.29, 1.82) is 5.41 Å². The Hall–Kier alpha value is -2.44. The summed E-state index contributed by atoms with van der Waals surface area (Å²) < 4.78 is 16.0. The van der Waals surface area contributed by atoms with Gasteiger partial charge in [0.05, 0.1) is 20.6 Å². The summed E-state index contributed by atoms with van der Waals surface area (Å²) in [7, 11) is 3.35. The maximum Gasteiger partial charge on any atom is 0.517 e. The molecule has 0 spiro atoms. The second-order valence-electron chi connectivity index (χ2n) is 10.7. The van der Waals surface area contributed by atoms with Gasteiger partial charge in [-0.1, -0.05) is 0 Å². The number of methoxy groups -OCH3 is 1. The Labute approximate surface area is 207 Å². The highest BCUT2D eigenvalue weighted by Gasteiger charge is 2.53. The minimum absolute atomic E-state index is 0.0206. The molecule has 3 heterocycles. The van der Waals surface area contributed by atoms with E-state index in [0.717, 1.165) is 39.0 Å². The topological polar surface area (TPSA) is 125 Å². The van der Waals surface area contributed by atoms with Crippen LogP contribution in [0.1, 0.15) is 40.0 Å². The van der Waals surface area contributed by atoms with Crippen molar-refractivity contribution in [2.75, 3.05) is 66.5 Å². The molecule has 3 saturated heterocycles. The van der Waals surface area contributed by atoms with Crippen LogP contribution in [0, 0.1) is 5.41 Å². The van der Waals surface area contributed by atoms with Gasteiger partial charge in [0.15, 0.2) is 0 Å².